The smallest absolute Gasteiger partial charge is 0.229 e. The average Bonchev–Trinajstić information content (AvgIpc) is 2.51. The number of rotatable bonds is 3. The number of methoxy groups -OCH3 is 1. The molecule has 118 valence electrons. The largest absolute Gasteiger partial charge is 0.496 e. The van der Waals surface area contributed by atoms with Gasteiger partial charge in [0.1, 0.15) is 11.6 Å². The monoisotopic (exact) mass is 308 g/mol. The lowest BCUT2D eigenvalue weighted by atomic mass is 10.1. The summed E-state index contributed by atoms with van der Waals surface area (Å²) < 4.78 is 5.36. The van der Waals surface area contributed by atoms with E-state index < -0.39 is 0 Å². The second kappa shape index (κ2) is 5.76. The van der Waals surface area contributed by atoms with Crippen LogP contribution in [0.2, 0.25) is 0 Å². The summed E-state index contributed by atoms with van der Waals surface area (Å²) in [5.74, 6) is 1.71. The van der Waals surface area contributed by atoms with Crippen LogP contribution in [0.5, 0.6) is 5.75 Å². The first-order valence-corrected chi connectivity index (χ1v) is 7.44. The predicted octanol–water partition coefficient (Wildman–Crippen LogP) is 3.89. The van der Waals surface area contributed by atoms with E-state index in [2.05, 4.69) is 41.3 Å². The van der Waals surface area contributed by atoms with Crippen molar-refractivity contribution in [1.29, 1.82) is 0 Å². The number of fused-ring (bicyclic) bond motifs is 1. The zero-order valence-corrected chi connectivity index (χ0v) is 13.8. The van der Waals surface area contributed by atoms with Gasteiger partial charge in [-0.05, 0) is 55.7 Å². The van der Waals surface area contributed by atoms with Crippen LogP contribution in [0, 0.1) is 20.8 Å². The van der Waals surface area contributed by atoms with E-state index in [1.54, 1.807) is 7.11 Å². The number of hydrogen-bond donors (Lipinski definition) is 2. The topological polar surface area (TPSA) is 73.1 Å². The van der Waals surface area contributed by atoms with E-state index in [0.29, 0.717) is 11.8 Å². The molecular weight excluding hydrogens is 288 g/mol. The maximum atomic E-state index is 6.09. The third-order valence-corrected chi connectivity index (χ3v) is 4.00. The molecule has 0 saturated heterocycles. The molecule has 0 atom stereocenters. The van der Waals surface area contributed by atoms with Crippen LogP contribution in [0.15, 0.2) is 30.3 Å². The van der Waals surface area contributed by atoms with Crippen LogP contribution in [0.1, 0.15) is 16.7 Å². The number of benzene rings is 2. The number of aryl methyl sites for hydroxylation is 3. The molecule has 0 aliphatic rings. The van der Waals surface area contributed by atoms with Crippen molar-refractivity contribution in [2.45, 2.75) is 20.8 Å². The van der Waals surface area contributed by atoms with Crippen LogP contribution in [0.3, 0.4) is 0 Å². The number of anilines is 3. The van der Waals surface area contributed by atoms with Crippen LogP contribution >= 0.6 is 0 Å². The van der Waals surface area contributed by atoms with Gasteiger partial charge in [0.2, 0.25) is 5.95 Å². The molecule has 3 N–H and O–H groups in total. The van der Waals surface area contributed by atoms with E-state index in [4.69, 9.17) is 10.5 Å². The minimum absolute atomic E-state index is 0.451. The van der Waals surface area contributed by atoms with E-state index in [1.165, 1.54) is 11.1 Å². The number of nitrogen functional groups attached to an aromatic ring is 1. The second-order valence-electron chi connectivity index (χ2n) is 5.70. The van der Waals surface area contributed by atoms with Gasteiger partial charge in [0.05, 0.1) is 12.6 Å². The number of aromatic nitrogens is 2. The first-order valence-electron chi connectivity index (χ1n) is 7.44. The highest BCUT2D eigenvalue weighted by atomic mass is 16.5. The zero-order valence-electron chi connectivity index (χ0n) is 13.8. The summed E-state index contributed by atoms with van der Waals surface area (Å²) in [4.78, 5) is 8.91. The molecule has 0 spiro atoms. The summed E-state index contributed by atoms with van der Waals surface area (Å²) in [6, 6.07) is 9.96. The first-order chi connectivity index (χ1) is 11.0. The summed E-state index contributed by atoms with van der Waals surface area (Å²) in [6.45, 7) is 6.13. The van der Waals surface area contributed by atoms with Crippen molar-refractivity contribution in [2.75, 3.05) is 18.2 Å². The van der Waals surface area contributed by atoms with Crippen molar-refractivity contribution in [3.8, 4) is 5.75 Å². The lowest BCUT2D eigenvalue weighted by Gasteiger charge is -2.11. The van der Waals surface area contributed by atoms with Gasteiger partial charge < -0.3 is 15.8 Å². The van der Waals surface area contributed by atoms with Gasteiger partial charge in [0.15, 0.2) is 0 Å². The standard InChI is InChI=1S/C18H20N4O/c1-10-5-6-13(7-11(10)2)20-18-21-15-9-16(23-4)12(3)8-14(15)17(19)22-18/h5-9H,1-4H3,(H3,19,20,21,22). The Balaban J connectivity index is 2.04. The van der Waals surface area contributed by atoms with Crippen LogP contribution in [0.25, 0.3) is 10.9 Å². The molecule has 5 heteroatoms. The second-order valence-corrected chi connectivity index (χ2v) is 5.70. The molecule has 23 heavy (non-hydrogen) atoms. The number of ether oxygens (including phenoxy) is 1. The number of nitrogens with zero attached hydrogens (tertiary/aromatic N) is 2. The van der Waals surface area contributed by atoms with E-state index >= 15 is 0 Å². The summed E-state index contributed by atoms with van der Waals surface area (Å²) in [7, 11) is 1.65. The van der Waals surface area contributed by atoms with Gasteiger partial charge in [-0.15, -0.1) is 0 Å². The Morgan fingerprint density at radius 2 is 1.74 bits per heavy atom. The third kappa shape index (κ3) is 2.90. The molecular formula is C18H20N4O. The summed E-state index contributed by atoms with van der Waals surface area (Å²) in [6.07, 6.45) is 0. The van der Waals surface area contributed by atoms with Gasteiger partial charge in [-0.2, -0.15) is 4.98 Å². The van der Waals surface area contributed by atoms with E-state index in [-0.39, 0.29) is 0 Å². The van der Waals surface area contributed by atoms with Gasteiger partial charge in [-0.3, -0.25) is 0 Å². The first kappa shape index (κ1) is 15.1. The molecule has 1 aromatic heterocycles. The Morgan fingerprint density at radius 1 is 0.957 bits per heavy atom. The lowest BCUT2D eigenvalue weighted by Crippen LogP contribution is -2.02. The highest BCUT2D eigenvalue weighted by Crippen LogP contribution is 2.28. The molecule has 0 aliphatic carbocycles. The Hall–Kier alpha value is -2.82. The third-order valence-electron chi connectivity index (χ3n) is 4.00. The molecule has 0 radical (unpaired) electrons. The molecule has 1 heterocycles. The molecule has 0 fully saturated rings. The summed E-state index contributed by atoms with van der Waals surface area (Å²) in [5, 5.41) is 4.04. The fourth-order valence-electron chi connectivity index (χ4n) is 2.51. The molecule has 5 nitrogen and oxygen atoms in total. The highest BCUT2D eigenvalue weighted by molar-refractivity contribution is 5.91. The number of hydrogen-bond acceptors (Lipinski definition) is 5. The van der Waals surface area contributed by atoms with Crippen LogP contribution < -0.4 is 15.8 Å². The Bertz CT molecular complexity index is 890. The molecule has 0 amide bonds. The van der Waals surface area contributed by atoms with Crippen molar-refractivity contribution >= 4 is 28.4 Å². The average molecular weight is 308 g/mol. The fourth-order valence-corrected chi connectivity index (χ4v) is 2.51. The predicted molar refractivity (Wildman–Crippen MR) is 94.4 cm³/mol. The fraction of sp³-hybridized carbons (Fsp3) is 0.222. The molecule has 2 aromatic carbocycles. The molecule has 3 aromatic rings. The number of nitrogens with two attached hydrogens (primary N) is 1. The van der Waals surface area contributed by atoms with Crippen molar-refractivity contribution in [2.24, 2.45) is 0 Å². The van der Waals surface area contributed by atoms with E-state index in [0.717, 1.165) is 27.9 Å². The van der Waals surface area contributed by atoms with Gasteiger partial charge in [-0.1, -0.05) is 6.07 Å². The molecule has 0 unspecified atom stereocenters. The Labute approximate surface area is 135 Å². The molecule has 0 saturated carbocycles. The Kier molecular flexibility index (Phi) is 3.78. The molecule has 3 rings (SSSR count). The highest BCUT2D eigenvalue weighted by Gasteiger charge is 2.09. The maximum Gasteiger partial charge on any atom is 0.229 e. The minimum Gasteiger partial charge on any atom is -0.496 e. The molecule has 0 aliphatic heterocycles. The van der Waals surface area contributed by atoms with Crippen LogP contribution in [0.4, 0.5) is 17.5 Å². The van der Waals surface area contributed by atoms with Crippen molar-refractivity contribution in [3.63, 3.8) is 0 Å². The van der Waals surface area contributed by atoms with Crippen molar-refractivity contribution < 1.29 is 4.74 Å². The van der Waals surface area contributed by atoms with Gasteiger partial charge in [0, 0.05) is 17.1 Å². The SMILES string of the molecule is COc1cc2nc(Nc3ccc(C)c(C)c3)nc(N)c2cc1C. The summed E-state index contributed by atoms with van der Waals surface area (Å²) >= 11 is 0. The van der Waals surface area contributed by atoms with Gasteiger partial charge in [-0.25, -0.2) is 4.98 Å². The van der Waals surface area contributed by atoms with E-state index in [9.17, 15) is 0 Å². The van der Waals surface area contributed by atoms with Gasteiger partial charge >= 0.3 is 0 Å². The lowest BCUT2D eigenvalue weighted by molar-refractivity contribution is 0.412. The van der Waals surface area contributed by atoms with E-state index in [1.807, 2.05) is 25.1 Å². The normalized spacial score (nSPS) is 10.8. The van der Waals surface area contributed by atoms with Crippen molar-refractivity contribution in [3.05, 3.63) is 47.0 Å². The van der Waals surface area contributed by atoms with Crippen molar-refractivity contribution in [1.82, 2.24) is 9.97 Å². The number of nitrogens with one attached hydrogen (secondary N) is 1. The van der Waals surface area contributed by atoms with Crippen LogP contribution in [-0.2, 0) is 0 Å². The van der Waals surface area contributed by atoms with Crippen LogP contribution in [-0.4, -0.2) is 17.1 Å². The minimum atomic E-state index is 0.451. The van der Waals surface area contributed by atoms with Gasteiger partial charge in [0.25, 0.3) is 0 Å². The molecule has 0 bridgehead atoms. The zero-order chi connectivity index (χ0) is 16.6. The quantitative estimate of drug-likeness (QED) is 0.768. The summed E-state index contributed by atoms with van der Waals surface area (Å²) in [5.41, 5.74) is 11.2. The maximum absolute atomic E-state index is 6.09. The Morgan fingerprint density at radius 3 is 2.43 bits per heavy atom.